The number of aromatic nitrogens is 1. The van der Waals surface area contributed by atoms with Crippen LogP contribution in [0.1, 0.15) is 31.2 Å². The Morgan fingerprint density at radius 1 is 1.39 bits per heavy atom. The molecular weight excluding hydrogens is 230 g/mol. The maximum atomic E-state index is 11.7. The summed E-state index contributed by atoms with van der Waals surface area (Å²) in [5.74, 6) is 0. The fourth-order valence-electron chi connectivity index (χ4n) is 2.14. The van der Waals surface area contributed by atoms with Crippen LogP contribution in [0.2, 0.25) is 0 Å². The zero-order valence-electron chi connectivity index (χ0n) is 10.3. The van der Waals surface area contributed by atoms with Crippen molar-refractivity contribution in [1.29, 1.82) is 0 Å². The number of amides is 2. The lowest BCUT2D eigenvalue weighted by Gasteiger charge is -2.26. The zero-order chi connectivity index (χ0) is 12.8. The number of nitrogens with zero attached hydrogens (tertiary/aromatic N) is 1. The quantitative estimate of drug-likeness (QED) is 0.753. The second-order valence-corrected chi connectivity index (χ2v) is 4.69. The Bertz CT molecular complexity index is 375. The van der Waals surface area contributed by atoms with E-state index < -0.39 is 0 Å². The zero-order valence-corrected chi connectivity index (χ0v) is 10.3. The van der Waals surface area contributed by atoms with Crippen LogP contribution >= 0.6 is 0 Å². The number of urea groups is 1. The largest absolute Gasteiger partial charge is 0.393 e. The van der Waals surface area contributed by atoms with E-state index in [2.05, 4.69) is 15.6 Å². The van der Waals surface area contributed by atoms with Crippen LogP contribution in [0.5, 0.6) is 0 Å². The summed E-state index contributed by atoms with van der Waals surface area (Å²) < 4.78 is 0. The topological polar surface area (TPSA) is 74.2 Å². The van der Waals surface area contributed by atoms with Gasteiger partial charge in [0, 0.05) is 25.0 Å². The van der Waals surface area contributed by atoms with Crippen LogP contribution in [-0.4, -0.2) is 28.3 Å². The first-order valence-corrected chi connectivity index (χ1v) is 6.35. The highest BCUT2D eigenvalue weighted by Gasteiger charge is 2.20. The number of hydrogen-bond acceptors (Lipinski definition) is 3. The summed E-state index contributed by atoms with van der Waals surface area (Å²) in [4.78, 5) is 15.6. The number of carbonyl (C=O) groups is 1. The van der Waals surface area contributed by atoms with E-state index in [4.69, 9.17) is 0 Å². The number of pyridine rings is 1. The molecule has 1 aliphatic carbocycles. The van der Waals surface area contributed by atoms with E-state index in [0.717, 1.165) is 31.2 Å². The smallest absolute Gasteiger partial charge is 0.315 e. The SMILES string of the molecule is O=C(NCc1cccnc1)NC1CCC(O)CC1. The molecule has 2 amide bonds. The molecule has 3 N–H and O–H groups in total. The summed E-state index contributed by atoms with van der Waals surface area (Å²) in [5.41, 5.74) is 0.978. The highest BCUT2D eigenvalue weighted by Crippen LogP contribution is 2.18. The molecular formula is C13H19N3O2. The monoisotopic (exact) mass is 249 g/mol. The second-order valence-electron chi connectivity index (χ2n) is 4.69. The Morgan fingerprint density at radius 2 is 2.17 bits per heavy atom. The Balaban J connectivity index is 1.69. The molecule has 0 radical (unpaired) electrons. The van der Waals surface area contributed by atoms with Crippen molar-refractivity contribution >= 4 is 6.03 Å². The summed E-state index contributed by atoms with van der Waals surface area (Å²) in [5, 5.41) is 15.1. The number of nitrogens with one attached hydrogen (secondary N) is 2. The fraction of sp³-hybridized carbons (Fsp3) is 0.538. The minimum atomic E-state index is -0.193. The Morgan fingerprint density at radius 3 is 2.83 bits per heavy atom. The molecule has 0 saturated heterocycles. The van der Waals surface area contributed by atoms with Gasteiger partial charge in [-0.2, -0.15) is 0 Å². The highest BCUT2D eigenvalue weighted by molar-refractivity contribution is 5.74. The summed E-state index contributed by atoms with van der Waals surface area (Å²) in [6, 6.07) is 3.80. The normalized spacial score (nSPS) is 23.4. The van der Waals surface area contributed by atoms with E-state index >= 15 is 0 Å². The molecule has 5 heteroatoms. The summed E-state index contributed by atoms with van der Waals surface area (Å²) in [6.45, 7) is 0.481. The average molecular weight is 249 g/mol. The molecule has 1 aliphatic rings. The van der Waals surface area contributed by atoms with E-state index in [1.165, 1.54) is 0 Å². The lowest BCUT2D eigenvalue weighted by atomic mass is 9.93. The molecule has 0 aromatic carbocycles. The molecule has 1 aromatic heterocycles. The van der Waals surface area contributed by atoms with Gasteiger partial charge in [-0.3, -0.25) is 4.98 Å². The van der Waals surface area contributed by atoms with Crippen LogP contribution in [0.25, 0.3) is 0 Å². The number of hydrogen-bond donors (Lipinski definition) is 3. The van der Waals surface area contributed by atoms with E-state index in [-0.39, 0.29) is 18.2 Å². The van der Waals surface area contributed by atoms with E-state index in [1.54, 1.807) is 12.4 Å². The van der Waals surface area contributed by atoms with Gasteiger partial charge in [0.25, 0.3) is 0 Å². The number of rotatable bonds is 3. The van der Waals surface area contributed by atoms with Crippen LogP contribution in [-0.2, 0) is 6.54 Å². The van der Waals surface area contributed by atoms with Crippen LogP contribution < -0.4 is 10.6 Å². The van der Waals surface area contributed by atoms with Gasteiger partial charge in [-0.15, -0.1) is 0 Å². The Hall–Kier alpha value is -1.62. The third-order valence-electron chi connectivity index (χ3n) is 3.21. The Kier molecular flexibility index (Phi) is 4.52. The maximum Gasteiger partial charge on any atom is 0.315 e. The van der Waals surface area contributed by atoms with Crippen molar-refractivity contribution in [2.24, 2.45) is 0 Å². The van der Waals surface area contributed by atoms with Gasteiger partial charge in [-0.25, -0.2) is 4.79 Å². The van der Waals surface area contributed by atoms with Gasteiger partial charge in [0.05, 0.1) is 6.10 Å². The van der Waals surface area contributed by atoms with E-state index in [9.17, 15) is 9.90 Å². The predicted molar refractivity (Wildman–Crippen MR) is 67.9 cm³/mol. The molecule has 5 nitrogen and oxygen atoms in total. The van der Waals surface area contributed by atoms with E-state index in [0.29, 0.717) is 6.54 Å². The van der Waals surface area contributed by atoms with Crippen LogP contribution in [0.4, 0.5) is 4.79 Å². The predicted octanol–water partition coefficient (Wildman–Crippen LogP) is 1.18. The molecule has 0 atom stereocenters. The minimum absolute atomic E-state index is 0.153. The minimum Gasteiger partial charge on any atom is -0.393 e. The highest BCUT2D eigenvalue weighted by atomic mass is 16.3. The van der Waals surface area contributed by atoms with Gasteiger partial charge in [0.1, 0.15) is 0 Å². The lowest BCUT2D eigenvalue weighted by Crippen LogP contribution is -2.43. The average Bonchev–Trinajstić information content (AvgIpc) is 2.40. The molecule has 1 aromatic rings. The molecule has 0 aliphatic heterocycles. The van der Waals surface area contributed by atoms with Crippen molar-refractivity contribution in [2.45, 2.75) is 44.4 Å². The van der Waals surface area contributed by atoms with Gasteiger partial charge in [-0.05, 0) is 37.3 Å². The van der Waals surface area contributed by atoms with Gasteiger partial charge in [0.15, 0.2) is 0 Å². The summed E-state index contributed by atoms with van der Waals surface area (Å²) in [6.07, 6.45) is 6.49. The number of aliphatic hydroxyl groups is 1. The fourth-order valence-corrected chi connectivity index (χ4v) is 2.14. The van der Waals surface area contributed by atoms with Crippen molar-refractivity contribution in [3.63, 3.8) is 0 Å². The molecule has 0 unspecified atom stereocenters. The standard InChI is InChI=1S/C13H19N3O2/c17-12-5-3-11(4-6-12)16-13(18)15-9-10-2-1-7-14-8-10/h1-2,7-8,11-12,17H,3-6,9H2,(H2,15,16,18). The molecule has 2 rings (SSSR count). The first-order valence-electron chi connectivity index (χ1n) is 6.35. The molecule has 0 spiro atoms. The number of carbonyl (C=O) groups excluding carboxylic acids is 1. The lowest BCUT2D eigenvalue weighted by molar-refractivity contribution is 0.117. The van der Waals surface area contributed by atoms with Crippen molar-refractivity contribution in [3.8, 4) is 0 Å². The van der Waals surface area contributed by atoms with Crippen molar-refractivity contribution < 1.29 is 9.90 Å². The van der Waals surface area contributed by atoms with E-state index in [1.807, 2.05) is 12.1 Å². The Labute approximate surface area is 107 Å². The van der Waals surface area contributed by atoms with Gasteiger partial charge < -0.3 is 15.7 Å². The van der Waals surface area contributed by atoms with Crippen LogP contribution in [0.3, 0.4) is 0 Å². The third kappa shape index (κ3) is 4.00. The molecule has 1 fully saturated rings. The molecule has 1 saturated carbocycles. The summed E-state index contributed by atoms with van der Waals surface area (Å²) in [7, 11) is 0. The first kappa shape index (κ1) is 12.8. The van der Waals surface area contributed by atoms with Gasteiger partial charge >= 0.3 is 6.03 Å². The van der Waals surface area contributed by atoms with Gasteiger partial charge in [-0.1, -0.05) is 6.07 Å². The van der Waals surface area contributed by atoms with Crippen molar-refractivity contribution in [2.75, 3.05) is 0 Å². The third-order valence-corrected chi connectivity index (χ3v) is 3.21. The van der Waals surface area contributed by atoms with Crippen molar-refractivity contribution in [1.82, 2.24) is 15.6 Å². The summed E-state index contributed by atoms with van der Waals surface area (Å²) >= 11 is 0. The van der Waals surface area contributed by atoms with Gasteiger partial charge in [0.2, 0.25) is 0 Å². The van der Waals surface area contributed by atoms with Crippen molar-refractivity contribution in [3.05, 3.63) is 30.1 Å². The first-order chi connectivity index (χ1) is 8.74. The molecule has 1 heterocycles. The number of aliphatic hydroxyl groups excluding tert-OH is 1. The molecule has 98 valence electrons. The maximum absolute atomic E-state index is 11.7. The molecule has 18 heavy (non-hydrogen) atoms. The second kappa shape index (κ2) is 6.35. The van der Waals surface area contributed by atoms with Crippen LogP contribution in [0, 0.1) is 0 Å². The van der Waals surface area contributed by atoms with Crippen LogP contribution in [0.15, 0.2) is 24.5 Å². The molecule has 0 bridgehead atoms.